The highest BCUT2D eigenvalue weighted by Gasteiger charge is 2.20. The van der Waals surface area contributed by atoms with Crippen LogP contribution in [0.25, 0.3) is 0 Å². The predicted molar refractivity (Wildman–Crippen MR) is 82.9 cm³/mol. The van der Waals surface area contributed by atoms with Crippen LogP contribution in [0.4, 0.5) is 5.82 Å². The number of hydrogen-bond donors (Lipinski definition) is 1. The Kier molecular flexibility index (Phi) is 5.31. The first-order valence-electron chi connectivity index (χ1n) is 7.57. The van der Waals surface area contributed by atoms with Crippen LogP contribution in [-0.2, 0) is 6.54 Å². The first-order valence-corrected chi connectivity index (χ1v) is 7.57. The quantitative estimate of drug-likeness (QED) is 0.903. The average molecular weight is 277 g/mol. The molecule has 5 heteroatoms. The number of anilines is 1. The molecule has 0 saturated carbocycles. The summed E-state index contributed by atoms with van der Waals surface area (Å²) in [6.45, 7) is 10.6. The van der Waals surface area contributed by atoms with E-state index in [-0.39, 0.29) is 0 Å². The zero-order valence-electron chi connectivity index (χ0n) is 13.1. The van der Waals surface area contributed by atoms with Gasteiger partial charge < -0.3 is 15.1 Å². The lowest BCUT2D eigenvalue weighted by Crippen LogP contribution is -2.38. The summed E-state index contributed by atoms with van der Waals surface area (Å²) in [5.41, 5.74) is 1.00. The fraction of sp³-hybridized carbons (Fsp3) is 0.733. The molecule has 2 rings (SSSR count). The van der Waals surface area contributed by atoms with E-state index in [2.05, 4.69) is 65.3 Å². The fourth-order valence-corrected chi connectivity index (χ4v) is 2.62. The van der Waals surface area contributed by atoms with Crippen LogP contribution >= 0.6 is 0 Å². The van der Waals surface area contributed by atoms with Crippen LogP contribution in [0.15, 0.2) is 12.1 Å². The molecular formula is C15H27N5. The van der Waals surface area contributed by atoms with Gasteiger partial charge in [-0.1, -0.05) is 13.8 Å². The molecule has 1 N–H and O–H groups in total. The third-order valence-electron chi connectivity index (χ3n) is 3.74. The molecule has 1 atom stereocenters. The van der Waals surface area contributed by atoms with Crippen molar-refractivity contribution in [2.75, 3.05) is 31.6 Å². The third-order valence-corrected chi connectivity index (χ3v) is 3.74. The summed E-state index contributed by atoms with van der Waals surface area (Å²) in [6, 6.07) is 5.14. The van der Waals surface area contributed by atoms with Crippen LogP contribution in [0.3, 0.4) is 0 Å². The van der Waals surface area contributed by atoms with Crippen molar-refractivity contribution in [3.8, 4) is 0 Å². The standard InChI is InChI=1S/C15H27N5/c1-12(2)16-10-14-6-7-15(18-17-14)20-9-5-8-19(4)11-13(20)3/h6-7,12-13,16H,5,8-11H2,1-4H3. The number of nitrogens with one attached hydrogen (secondary N) is 1. The van der Waals surface area contributed by atoms with Gasteiger partial charge in [0.1, 0.15) is 0 Å². The summed E-state index contributed by atoms with van der Waals surface area (Å²) in [5, 5.41) is 12.1. The first kappa shape index (κ1) is 15.2. The van der Waals surface area contributed by atoms with Gasteiger partial charge in [0.25, 0.3) is 0 Å². The molecule has 0 bridgehead atoms. The highest BCUT2D eigenvalue weighted by atomic mass is 15.3. The maximum Gasteiger partial charge on any atom is 0.151 e. The number of hydrogen-bond acceptors (Lipinski definition) is 5. The zero-order valence-corrected chi connectivity index (χ0v) is 13.1. The Bertz CT molecular complexity index is 403. The van der Waals surface area contributed by atoms with Crippen molar-refractivity contribution in [2.45, 2.75) is 45.8 Å². The highest BCUT2D eigenvalue weighted by Crippen LogP contribution is 2.17. The van der Waals surface area contributed by atoms with Crippen LogP contribution in [0.1, 0.15) is 32.9 Å². The number of nitrogens with zero attached hydrogens (tertiary/aromatic N) is 4. The highest BCUT2D eigenvalue weighted by molar-refractivity contribution is 5.39. The summed E-state index contributed by atoms with van der Waals surface area (Å²) in [6.07, 6.45) is 1.18. The van der Waals surface area contributed by atoms with Crippen LogP contribution in [0, 0.1) is 0 Å². The summed E-state index contributed by atoms with van der Waals surface area (Å²) in [7, 11) is 2.19. The molecule has 20 heavy (non-hydrogen) atoms. The molecule has 1 aliphatic heterocycles. The summed E-state index contributed by atoms with van der Waals surface area (Å²) < 4.78 is 0. The zero-order chi connectivity index (χ0) is 14.5. The summed E-state index contributed by atoms with van der Waals surface area (Å²) in [4.78, 5) is 4.76. The first-order chi connectivity index (χ1) is 9.56. The van der Waals surface area contributed by atoms with Crippen molar-refractivity contribution < 1.29 is 0 Å². The smallest absolute Gasteiger partial charge is 0.151 e. The number of likely N-dealkylation sites (N-methyl/N-ethyl adjacent to an activating group) is 1. The fourth-order valence-electron chi connectivity index (χ4n) is 2.62. The topological polar surface area (TPSA) is 44.3 Å². The molecule has 1 unspecified atom stereocenters. The van der Waals surface area contributed by atoms with Gasteiger partial charge in [-0.05, 0) is 39.1 Å². The summed E-state index contributed by atoms with van der Waals surface area (Å²) in [5.74, 6) is 1.00. The molecule has 0 spiro atoms. The summed E-state index contributed by atoms with van der Waals surface area (Å²) >= 11 is 0. The lowest BCUT2D eigenvalue weighted by atomic mass is 10.2. The molecule has 1 aromatic rings. The van der Waals surface area contributed by atoms with E-state index in [0.717, 1.165) is 37.7 Å². The van der Waals surface area contributed by atoms with Crippen LogP contribution < -0.4 is 10.2 Å². The molecule has 1 saturated heterocycles. The van der Waals surface area contributed by atoms with Gasteiger partial charge in [0.05, 0.1) is 5.69 Å². The van der Waals surface area contributed by atoms with E-state index >= 15 is 0 Å². The van der Waals surface area contributed by atoms with Gasteiger partial charge in [-0.15, -0.1) is 5.10 Å². The second-order valence-corrected chi connectivity index (χ2v) is 6.08. The SMILES string of the molecule is CC(C)NCc1ccc(N2CCCN(C)CC2C)nn1. The van der Waals surface area contributed by atoms with Gasteiger partial charge >= 0.3 is 0 Å². The van der Waals surface area contributed by atoms with Crippen molar-refractivity contribution in [1.82, 2.24) is 20.4 Å². The van der Waals surface area contributed by atoms with E-state index in [1.54, 1.807) is 0 Å². The van der Waals surface area contributed by atoms with E-state index < -0.39 is 0 Å². The van der Waals surface area contributed by atoms with Gasteiger partial charge in [0, 0.05) is 31.7 Å². The van der Waals surface area contributed by atoms with Crippen LogP contribution in [-0.4, -0.2) is 53.9 Å². The van der Waals surface area contributed by atoms with E-state index in [1.807, 2.05) is 0 Å². The van der Waals surface area contributed by atoms with E-state index in [9.17, 15) is 0 Å². The molecule has 0 radical (unpaired) electrons. The van der Waals surface area contributed by atoms with E-state index in [4.69, 9.17) is 0 Å². The van der Waals surface area contributed by atoms with Crippen molar-refractivity contribution in [3.05, 3.63) is 17.8 Å². The predicted octanol–water partition coefficient (Wildman–Crippen LogP) is 1.50. The van der Waals surface area contributed by atoms with Gasteiger partial charge in [0.2, 0.25) is 0 Å². The van der Waals surface area contributed by atoms with Gasteiger partial charge in [0.15, 0.2) is 5.82 Å². The average Bonchev–Trinajstić information content (AvgIpc) is 2.58. The minimum atomic E-state index is 0.470. The Balaban J connectivity index is 2.01. The Labute approximate surface area is 122 Å². The Morgan fingerprint density at radius 1 is 1.30 bits per heavy atom. The maximum absolute atomic E-state index is 4.41. The maximum atomic E-state index is 4.41. The van der Waals surface area contributed by atoms with Crippen molar-refractivity contribution >= 4 is 5.82 Å². The number of rotatable bonds is 4. The lowest BCUT2D eigenvalue weighted by molar-refractivity contribution is 0.337. The monoisotopic (exact) mass is 277 g/mol. The normalized spacial score (nSPS) is 21.2. The lowest BCUT2D eigenvalue weighted by Gasteiger charge is -2.28. The van der Waals surface area contributed by atoms with Crippen molar-refractivity contribution in [1.29, 1.82) is 0 Å². The molecule has 0 aliphatic carbocycles. The van der Waals surface area contributed by atoms with Crippen LogP contribution in [0.5, 0.6) is 0 Å². The second-order valence-electron chi connectivity index (χ2n) is 6.08. The van der Waals surface area contributed by atoms with E-state index in [0.29, 0.717) is 12.1 Å². The van der Waals surface area contributed by atoms with Crippen LogP contribution in [0.2, 0.25) is 0 Å². The Hall–Kier alpha value is -1.20. The minimum Gasteiger partial charge on any atom is -0.351 e. The van der Waals surface area contributed by atoms with Crippen molar-refractivity contribution in [2.24, 2.45) is 0 Å². The molecule has 1 aromatic heterocycles. The Morgan fingerprint density at radius 3 is 2.75 bits per heavy atom. The second kappa shape index (κ2) is 6.99. The number of aromatic nitrogens is 2. The minimum absolute atomic E-state index is 0.470. The van der Waals surface area contributed by atoms with Gasteiger partial charge in [-0.2, -0.15) is 5.10 Å². The molecule has 5 nitrogen and oxygen atoms in total. The molecule has 2 heterocycles. The van der Waals surface area contributed by atoms with E-state index in [1.165, 1.54) is 6.42 Å². The largest absolute Gasteiger partial charge is 0.351 e. The van der Waals surface area contributed by atoms with Crippen molar-refractivity contribution in [3.63, 3.8) is 0 Å². The molecular weight excluding hydrogens is 250 g/mol. The van der Waals surface area contributed by atoms with Gasteiger partial charge in [-0.25, -0.2) is 0 Å². The molecule has 0 aromatic carbocycles. The molecule has 0 amide bonds. The Morgan fingerprint density at radius 2 is 2.10 bits per heavy atom. The molecule has 112 valence electrons. The molecule has 1 aliphatic rings. The molecule has 1 fully saturated rings. The van der Waals surface area contributed by atoms with Gasteiger partial charge in [-0.3, -0.25) is 0 Å². The third kappa shape index (κ3) is 4.15.